The third-order valence-corrected chi connectivity index (χ3v) is 3.71. The Bertz CT molecular complexity index is 315. The van der Waals surface area contributed by atoms with Crippen molar-refractivity contribution in [3.8, 4) is 0 Å². The van der Waals surface area contributed by atoms with Crippen molar-refractivity contribution in [1.29, 1.82) is 0 Å². The summed E-state index contributed by atoms with van der Waals surface area (Å²) in [5.74, 6) is 0.771. The Labute approximate surface area is 130 Å². The number of piperidine rings is 1. The standard InChI is InChI=1S/C16H33N3O2/c1-16(2,3)21-15(20)19(5)11-7-9-17-12-14-8-6-10-18(4)13-14/h14,17H,6-13H2,1-5H3. The van der Waals surface area contributed by atoms with Gasteiger partial charge < -0.3 is 19.9 Å². The van der Waals surface area contributed by atoms with Crippen LogP contribution in [0.4, 0.5) is 4.79 Å². The van der Waals surface area contributed by atoms with Crippen LogP contribution in [0.2, 0.25) is 0 Å². The van der Waals surface area contributed by atoms with Crippen LogP contribution in [0.15, 0.2) is 0 Å². The second kappa shape index (κ2) is 8.59. The third kappa shape index (κ3) is 8.27. The first kappa shape index (κ1) is 18.2. The molecule has 1 heterocycles. The molecule has 1 fully saturated rings. The Hall–Kier alpha value is -0.810. The van der Waals surface area contributed by atoms with Crippen molar-refractivity contribution in [2.24, 2.45) is 5.92 Å². The van der Waals surface area contributed by atoms with Crippen LogP contribution in [0.5, 0.6) is 0 Å². The average Bonchev–Trinajstić information content (AvgIpc) is 2.36. The van der Waals surface area contributed by atoms with Gasteiger partial charge in [-0.1, -0.05) is 0 Å². The van der Waals surface area contributed by atoms with Gasteiger partial charge in [0.05, 0.1) is 0 Å². The van der Waals surface area contributed by atoms with Gasteiger partial charge in [-0.2, -0.15) is 0 Å². The summed E-state index contributed by atoms with van der Waals surface area (Å²) in [7, 11) is 3.99. The van der Waals surface area contributed by atoms with E-state index in [1.165, 1.54) is 25.9 Å². The second-order valence-corrected chi connectivity index (χ2v) is 7.23. The van der Waals surface area contributed by atoms with E-state index in [1.807, 2.05) is 20.8 Å². The Balaban J connectivity index is 2.06. The summed E-state index contributed by atoms with van der Waals surface area (Å²) in [6.45, 7) is 10.9. The van der Waals surface area contributed by atoms with E-state index in [4.69, 9.17) is 4.74 Å². The lowest BCUT2D eigenvalue weighted by Gasteiger charge is -2.29. The van der Waals surface area contributed by atoms with Gasteiger partial charge in [-0.05, 0) is 72.6 Å². The van der Waals surface area contributed by atoms with Gasteiger partial charge in [-0.25, -0.2) is 4.79 Å². The molecule has 1 aliphatic rings. The number of carbonyl (C=O) groups excluding carboxylic acids is 1. The SMILES string of the molecule is CN1CCCC(CNCCCN(C)C(=O)OC(C)(C)C)C1. The van der Waals surface area contributed by atoms with E-state index in [0.29, 0.717) is 0 Å². The van der Waals surface area contributed by atoms with E-state index in [9.17, 15) is 4.79 Å². The van der Waals surface area contributed by atoms with Crippen molar-refractivity contribution in [2.45, 2.75) is 45.6 Å². The largest absolute Gasteiger partial charge is 0.444 e. The number of nitrogens with zero attached hydrogens (tertiary/aromatic N) is 2. The van der Waals surface area contributed by atoms with Gasteiger partial charge >= 0.3 is 6.09 Å². The molecule has 21 heavy (non-hydrogen) atoms. The van der Waals surface area contributed by atoms with Crippen LogP contribution in [-0.4, -0.2) is 68.3 Å². The lowest BCUT2D eigenvalue weighted by atomic mass is 9.98. The molecule has 124 valence electrons. The summed E-state index contributed by atoms with van der Waals surface area (Å²) in [5.41, 5.74) is -0.420. The van der Waals surface area contributed by atoms with E-state index in [1.54, 1.807) is 11.9 Å². The highest BCUT2D eigenvalue weighted by Crippen LogP contribution is 2.13. The fourth-order valence-electron chi connectivity index (χ4n) is 2.62. The highest BCUT2D eigenvalue weighted by molar-refractivity contribution is 5.67. The summed E-state index contributed by atoms with van der Waals surface area (Å²) >= 11 is 0. The zero-order valence-corrected chi connectivity index (χ0v) is 14.4. The van der Waals surface area contributed by atoms with Gasteiger partial charge in [0.25, 0.3) is 0 Å². The number of amides is 1. The van der Waals surface area contributed by atoms with Gasteiger partial charge in [-0.3, -0.25) is 0 Å². The number of hydrogen-bond donors (Lipinski definition) is 1. The smallest absolute Gasteiger partial charge is 0.410 e. The minimum absolute atomic E-state index is 0.239. The zero-order valence-electron chi connectivity index (χ0n) is 14.4. The monoisotopic (exact) mass is 299 g/mol. The molecule has 1 saturated heterocycles. The first-order chi connectivity index (χ1) is 9.78. The van der Waals surface area contributed by atoms with Crippen molar-refractivity contribution >= 4 is 6.09 Å². The number of nitrogens with one attached hydrogen (secondary N) is 1. The van der Waals surface area contributed by atoms with Crippen molar-refractivity contribution < 1.29 is 9.53 Å². The predicted molar refractivity (Wildman–Crippen MR) is 86.6 cm³/mol. The maximum absolute atomic E-state index is 11.8. The second-order valence-electron chi connectivity index (χ2n) is 7.23. The summed E-state index contributed by atoms with van der Waals surface area (Å²) < 4.78 is 5.32. The molecule has 1 atom stereocenters. The lowest BCUT2D eigenvalue weighted by Crippen LogP contribution is -2.38. The molecular weight excluding hydrogens is 266 g/mol. The molecule has 1 aliphatic heterocycles. The third-order valence-electron chi connectivity index (χ3n) is 3.71. The van der Waals surface area contributed by atoms with E-state index in [0.717, 1.165) is 32.0 Å². The molecule has 1 amide bonds. The summed E-state index contributed by atoms with van der Waals surface area (Å²) in [6.07, 6.45) is 3.36. The van der Waals surface area contributed by atoms with Crippen molar-refractivity contribution in [3.05, 3.63) is 0 Å². The van der Waals surface area contributed by atoms with E-state index >= 15 is 0 Å². The van der Waals surface area contributed by atoms with Gasteiger partial charge in [-0.15, -0.1) is 0 Å². The van der Waals surface area contributed by atoms with Gasteiger partial charge in [0.15, 0.2) is 0 Å². The van der Waals surface area contributed by atoms with Crippen molar-refractivity contribution in [2.75, 3.05) is 46.8 Å². The fraction of sp³-hybridized carbons (Fsp3) is 0.938. The Kier molecular flexibility index (Phi) is 7.46. The van der Waals surface area contributed by atoms with Crippen molar-refractivity contribution in [1.82, 2.24) is 15.1 Å². The number of ether oxygens (including phenoxy) is 1. The molecule has 0 saturated carbocycles. The highest BCUT2D eigenvalue weighted by Gasteiger charge is 2.19. The Morgan fingerprint density at radius 3 is 2.76 bits per heavy atom. The van der Waals surface area contributed by atoms with Crippen LogP contribution in [0, 0.1) is 5.92 Å². The molecule has 1 unspecified atom stereocenters. The molecule has 0 spiro atoms. The minimum atomic E-state index is -0.420. The molecule has 5 heteroatoms. The predicted octanol–water partition coefficient (Wildman–Crippen LogP) is 2.17. The lowest BCUT2D eigenvalue weighted by molar-refractivity contribution is 0.0297. The number of rotatable bonds is 6. The van der Waals surface area contributed by atoms with Gasteiger partial charge in [0.2, 0.25) is 0 Å². The minimum Gasteiger partial charge on any atom is -0.444 e. The normalized spacial score (nSPS) is 20.3. The fourth-order valence-corrected chi connectivity index (χ4v) is 2.62. The van der Waals surface area contributed by atoms with Crippen LogP contribution in [0.3, 0.4) is 0 Å². The van der Waals surface area contributed by atoms with Crippen molar-refractivity contribution in [3.63, 3.8) is 0 Å². The first-order valence-corrected chi connectivity index (χ1v) is 8.11. The zero-order chi connectivity index (χ0) is 15.9. The topological polar surface area (TPSA) is 44.8 Å². The van der Waals surface area contributed by atoms with Crippen LogP contribution in [0.25, 0.3) is 0 Å². The quantitative estimate of drug-likeness (QED) is 0.764. The average molecular weight is 299 g/mol. The Morgan fingerprint density at radius 1 is 1.43 bits per heavy atom. The van der Waals surface area contributed by atoms with Crippen LogP contribution >= 0.6 is 0 Å². The molecule has 0 bridgehead atoms. The van der Waals surface area contributed by atoms with Crippen LogP contribution in [-0.2, 0) is 4.74 Å². The molecule has 0 aromatic heterocycles. The number of hydrogen-bond acceptors (Lipinski definition) is 4. The van der Waals surface area contributed by atoms with E-state index < -0.39 is 5.60 Å². The summed E-state index contributed by atoms with van der Waals surface area (Å²) in [4.78, 5) is 15.8. The molecule has 0 aliphatic carbocycles. The Morgan fingerprint density at radius 2 is 2.14 bits per heavy atom. The van der Waals surface area contributed by atoms with E-state index in [2.05, 4.69) is 17.3 Å². The molecule has 1 rings (SSSR count). The van der Waals surface area contributed by atoms with E-state index in [-0.39, 0.29) is 6.09 Å². The van der Waals surface area contributed by atoms with Crippen LogP contribution in [0.1, 0.15) is 40.0 Å². The van der Waals surface area contributed by atoms with Gasteiger partial charge in [0, 0.05) is 20.1 Å². The number of likely N-dealkylation sites (tertiary alicyclic amines) is 1. The molecule has 0 aromatic carbocycles. The maximum atomic E-state index is 11.8. The van der Waals surface area contributed by atoms with Gasteiger partial charge in [0.1, 0.15) is 5.60 Å². The van der Waals surface area contributed by atoms with Crippen LogP contribution < -0.4 is 5.32 Å². The molecule has 1 N–H and O–H groups in total. The summed E-state index contributed by atoms with van der Waals surface area (Å²) in [5, 5.41) is 3.51. The molecule has 0 radical (unpaired) electrons. The highest BCUT2D eigenvalue weighted by atomic mass is 16.6. The number of carbonyl (C=O) groups is 1. The maximum Gasteiger partial charge on any atom is 0.410 e. The molecule has 0 aromatic rings. The molecular formula is C16H33N3O2. The molecule has 5 nitrogen and oxygen atoms in total. The summed E-state index contributed by atoms with van der Waals surface area (Å²) in [6, 6.07) is 0. The first-order valence-electron chi connectivity index (χ1n) is 8.11.